The van der Waals surface area contributed by atoms with Crippen molar-refractivity contribution in [2.24, 2.45) is 0 Å². The zero-order chi connectivity index (χ0) is 11.6. The first-order chi connectivity index (χ1) is 7.62. The average molecular weight is 301 g/mol. The lowest BCUT2D eigenvalue weighted by Crippen LogP contribution is -2.13. The number of alkyl halides is 1. The smallest absolute Gasteiger partial charge is 0.242 e. The molecular formula is C10H9BrN2O2S. The lowest BCUT2D eigenvalue weighted by Gasteiger charge is -2.07. The fourth-order valence-corrected chi connectivity index (χ4v) is 2.28. The molecule has 0 aliphatic heterocycles. The number of benzene rings is 1. The van der Waals surface area contributed by atoms with E-state index in [0.29, 0.717) is 11.2 Å². The quantitative estimate of drug-likeness (QED) is 0.885. The van der Waals surface area contributed by atoms with Gasteiger partial charge in [-0.2, -0.15) is 0 Å². The van der Waals surface area contributed by atoms with Gasteiger partial charge in [0.15, 0.2) is 0 Å². The number of halogens is 1. The minimum Gasteiger partial charge on any atom is -0.281 e. The normalized spacial score (nSPS) is 11.6. The maximum atomic E-state index is 11.4. The van der Waals surface area contributed by atoms with Crippen LogP contribution in [0.4, 0.5) is 5.69 Å². The van der Waals surface area contributed by atoms with Gasteiger partial charge in [-0.05, 0) is 12.1 Å². The number of hydrogen-bond donors (Lipinski definition) is 1. The van der Waals surface area contributed by atoms with E-state index in [-0.39, 0.29) is 4.66 Å². The van der Waals surface area contributed by atoms with Crippen LogP contribution in [0, 0.1) is 0 Å². The molecule has 1 aromatic carbocycles. The molecule has 0 aliphatic carbocycles. The van der Waals surface area contributed by atoms with Crippen LogP contribution in [0.1, 0.15) is 0 Å². The van der Waals surface area contributed by atoms with E-state index in [1.54, 1.807) is 18.3 Å². The van der Waals surface area contributed by atoms with E-state index < -0.39 is 10.0 Å². The summed E-state index contributed by atoms with van der Waals surface area (Å²) < 4.78 is 25.2. The van der Waals surface area contributed by atoms with Crippen molar-refractivity contribution >= 4 is 42.5 Å². The monoisotopic (exact) mass is 300 g/mol. The van der Waals surface area contributed by atoms with Crippen molar-refractivity contribution in [3.63, 3.8) is 0 Å². The maximum Gasteiger partial charge on any atom is 0.242 e. The molecule has 1 N–H and O–H groups in total. The Morgan fingerprint density at radius 2 is 2.00 bits per heavy atom. The summed E-state index contributed by atoms with van der Waals surface area (Å²) >= 11 is 2.92. The predicted octanol–water partition coefficient (Wildman–Crippen LogP) is 2.33. The van der Waals surface area contributed by atoms with Gasteiger partial charge in [0.25, 0.3) is 0 Å². The second kappa shape index (κ2) is 4.39. The van der Waals surface area contributed by atoms with Gasteiger partial charge in [-0.3, -0.25) is 9.71 Å². The molecule has 4 nitrogen and oxygen atoms in total. The van der Waals surface area contributed by atoms with Crippen molar-refractivity contribution in [2.45, 2.75) is 0 Å². The molecule has 84 valence electrons. The molecule has 0 saturated carbocycles. The van der Waals surface area contributed by atoms with E-state index >= 15 is 0 Å². The molecule has 1 aromatic heterocycles. The third kappa shape index (κ3) is 2.33. The molecule has 0 atom stereocenters. The van der Waals surface area contributed by atoms with Gasteiger partial charge in [0.05, 0.1) is 11.2 Å². The number of aromatic nitrogens is 1. The van der Waals surface area contributed by atoms with Gasteiger partial charge in [0.2, 0.25) is 10.0 Å². The van der Waals surface area contributed by atoms with Crippen molar-refractivity contribution in [3.05, 3.63) is 36.5 Å². The predicted molar refractivity (Wildman–Crippen MR) is 68.1 cm³/mol. The molecule has 2 rings (SSSR count). The lowest BCUT2D eigenvalue weighted by atomic mass is 10.2. The highest BCUT2D eigenvalue weighted by atomic mass is 79.9. The second-order valence-corrected chi connectivity index (χ2v) is 6.23. The van der Waals surface area contributed by atoms with Gasteiger partial charge >= 0.3 is 0 Å². The van der Waals surface area contributed by atoms with Crippen LogP contribution < -0.4 is 4.72 Å². The Bertz CT molecular complexity index is 608. The topological polar surface area (TPSA) is 59.1 Å². The largest absolute Gasteiger partial charge is 0.281 e. The third-order valence-electron chi connectivity index (χ3n) is 2.04. The fourth-order valence-electron chi connectivity index (χ4n) is 1.38. The summed E-state index contributed by atoms with van der Waals surface area (Å²) in [7, 11) is -3.34. The fraction of sp³-hybridized carbons (Fsp3) is 0.100. The van der Waals surface area contributed by atoms with Gasteiger partial charge in [-0.1, -0.05) is 34.1 Å². The number of nitrogens with zero attached hydrogens (tertiary/aromatic N) is 1. The first-order valence-electron chi connectivity index (χ1n) is 4.52. The number of sulfonamides is 1. The van der Waals surface area contributed by atoms with E-state index in [1.807, 2.05) is 18.2 Å². The molecule has 6 heteroatoms. The molecule has 16 heavy (non-hydrogen) atoms. The molecule has 1 heterocycles. The molecule has 0 spiro atoms. The number of para-hydroxylation sites is 1. The molecule has 0 fully saturated rings. The summed E-state index contributed by atoms with van der Waals surface area (Å²) in [4.78, 5) is 4.16. The number of fused-ring (bicyclic) bond motifs is 1. The molecule has 0 radical (unpaired) electrons. The van der Waals surface area contributed by atoms with Gasteiger partial charge in [0.1, 0.15) is 4.66 Å². The second-order valence-electron chi connectivity index (χ2n) is 3.21. The van der Waals surface area contributed by atoms with Crippen LogP contribution in [-0.4, -0.2) is 18.1 Å². The van der Waals surface area contributed by atoms with E-state index in [0.717, 1.165) is 5.39 Å². The van der Waals surface area contributed by atoms with Crippen LogP contribution in [-0.2, 0) is 10.0 Å². The Morgan fingerprint density at radius 3 is 2.75 bits per heavy atom. The van der Waals surface area contributed by atoms with Crippen LogP contribution in [0.25, 0.3) is 10.9 Å². The van der Waals surface area contributed by atoms with E-state index in [1.165, 1.54) is 0 Å². The minimum absolute atomic E-state index is 0.136. The third-order valence-corrected chi connectivity index (χ3v) is 4.67. The Hall–Kier alpha value is -1.14. The Kier molecular flexibility index (Phi) is 3.11. The molecule has 0 bridgehead atoms. The highest BCUT2D eigenvalue weighted by molar-refractivity contribution is 9.10. The van der Waals surface area contributed by atoms with Gasteiger partial charge in [-0.25, -0.2) is 8.42 Å². The molecule has 2 aromatic rings. The van der Waals surface area contributed by atoms with Gasteiger partial charge < -0.3 is 0 Å². The first kappa shape index (κ1) is 11.3. The number of pyridine rings is 1. The van der Waals surface area contributed by atoms with Crippen molar-refractivity contribution < 1.29 is 8.42 Å². The Balaban J connectivity index is 2.53. The summed E-state index contributed by atoms with van der Waals surface area (Å²) in [6.07, 6.45) is 1.63. The highest BCUT2D eigenvalue weighted by Gasteiger charge is 2.10. The molecule has 0 saturated heterocycles. The zero-order valence-electron chi connectivity index (χ0n) is 8.22. The maximum absolute atomic E-state index is 11.4. The minimum atomic E-state index is -3.34. The Morgan fingerprint density at radius 1 is 1.25 bits per heavy atom. The number of rotatable bonds is 3. The average Bonchev–Trinajstić information content (AvgIpc) is 2.29. The van der Waals surface area contributed by atoms with Gasteiger partial charge in [-0.15, -0.1) is 0 Å². The van der Waals surface area contributed by atoms with Crippen LogP contribution in [0.5, 0.6) is 0 Å². The van der Waals surface area contributed by atoms with E-state index in [9.17, 15) is 8.42 Å². The summed E-state index contributed by atoms with van der Waals surface area (Å²) in [6, 6.07) is 9.05. The Labute approximate surface area is 102 Å². The molecular weight excluding hydrogens is 292 g/mol. The van der Waals surface area contributed by atoms with Gasteiger partial charge in [0, 0.05) is 11.6 Å². The zero-order valence-corrected chi connectivity index (χ0v) is 10.6. The number of nitrogens with one attached hydrogen (secondary N) is 1. The standard InChI is InChI=1S/C10H9BrN2O2S/c11-7-16(14,15)13-9-5-1-3-8-4-2-6-12-10(8)9/h1-6,13H,7H2. The van der Waals surface area contributed by atoms with Crippen LogP contribution in [0.15, 0.2) is 36.5 Å². The summed E-state index contributed by atoms with van der Waals surface area (Å²) in [6.45, 7) is 0. The number of anilines is 1. The molecule has 0 aliphatic rings. The summed E-state index contributed by atoms with van der Waals surface area (Å²) in [5, 5.41) is 0.900. The lowest BCUT2D eigenvalue weighted by molar-refractivity contribution is 0.606. The van der Waals surface area contributed by atoms with Crippen molar-refractivity contribution in [1.82, 2.24) is 4.98 Å². The SMILES string of the molecule is O=S(=O)(CBr)Nc1cccc2cccnc12. The van der Waals surface area contributed by atoms with E-state index in [2.05, 4.69) is 25.6 Å². The van der Waals surface area contributed by atoms with Crippen LogP contribution >= 0.6 is 15.9 Å². The van der Waals surface area contributed by atoms with Crippen molar-refractivity contribution in [3.8, 4) is 0 Å². The molecule has 0 amide bonds. The first-order valence-corrected chi connectivity index (χ1v) is 7.30. The van der Waals surface area contributed by atoms with Crippen molar-refractivity contribution in [2.75, 3.05) is 9.38 Å². The number of hydrogen-bond acceptors (Lipinski definition) is 3. The van der Waals surface area contributed by atoms with Crippen LogP contribution in [0.3, 0.4) is 0 Å². The highest BCUT2D eigenvalue weighted by Crippen LogP contribution is 2.21. The molecule has 0 unspecified atom stereocenters. The van der Waals surface area contributed by atoms with E-state index in [4.69, 9.17) is 0 Å². The van der Waals surface area contributed by atoms with Crippen LogP contribution in [0.2, 0.25) is 0 Å². The summed E-state index contributed by atoms with van der Waals surface area (Å²) in [5.74, 6) is 0. The van der Waals surface area contributed by atoms with Crippen molar-refractivity contribution in [1.29, 1.82) is 0 Å². The summed E-state index contributed by atoms with van der Waals surface area (Å²) in [5.41, 5.74) is 1.15.